The molecule has 110 valence electrons. The summed E-state index contributed by atoms with van der Waals surface area (Å²) in [5.41, 5.74) is 0.723. The lowest BCUT2D eigenvalue weighted by Crippen LogP contribution is -2.32. The predicted molar refractivity (Wildman–Crippen MR) is 80.3 cm³/mol. The summed E-state index contributed by atoms with van der Waals surface area (Å²) in [6.45, 7) is 4.86. The molecule has 6 heteroatoms. The van der Waals surface area contributed by atoms with Gasteiger partial charge in [0.1, 0.15) is 11.6 Å². The average Bonchev–Trinajstić information content (AvgIpc) is 3.08. The van der Waals surface area contributed by atoms with E-state index in [-0.39, 0.29) is 17.9 Å². The summed E-state index contributed by atoms with van der Waals surface area (Å²) in [6, 6.07) is 3.97. The van der Waals surface area contributed by atoms with E-state index >= 15 is 0 Å². The molecular formula is C15H19N5O. The molecule has 6 nitrogen and oxygen atoms in total. The van der Waals surface area contributed by atoms with Gasteiger partial charge in [0.05, 0.1) is 17.8 Å². The van der Waals surface area contributed by atoms with E-state index in [4.69, 9.17) is 0 Å². The van der Waals surface area contributed by atoms with Crippen LogP contribution in [0.5, 0.6) is 0 Å². The molecule has 2 N–H and O–H groups in total. The molecule has 2 aromatic rings. The SMILES string of the molecule is Cc1nccn1-c1ccc(NC(=O)C2CCNC2C)cn1. The van der Waals surface area contributed by atoms with E-state index < -0.39 is 0 Å². The summed E-state index contributed by atoms with van der Waals surface area (Å²) >= 11 is 0. The summed E-state index contributed by atoms with van der Waals surface area (Å²) < 4.78 is 1.90. The molecule has 21 heavy (non-hydrogen) atoms. The molecule has 1 fully saturated rings. The van der Waals surface area contributed by atoms with Gasteiger partial charge in [0.2, 0.25) is 5.91 Å². The number of pyridine rings is 1. The maximum atomic E-state index is 12.2. The first-order valence-corrected chi connectivity index (χ1v) is 7.16. The fourth-order valence-corrected chi connectivity index (χ4v) is 2.67. The molecule has 0 bridgehead atoms. The highest BCUT2D eigenvalue weighted by molar-refractivity contribution is 5.93. The predicted octanol–water partition coefficient (Wildman–Crippen LogP) is 1.51. The quantitative estimate of drug-likeness (QED) is 0.896. The number of amides is 1. The zero-order valence-electron chi connectivity index (χ0n) is 12.2. The van der Waals surface area contributed by atoms with Crippen molar-refractivity contribution >= 4 is 11.6 Å². The molecule has 0 radical (unpaired) electrons. The first kappa shape index (κ1) is 13.8. The Morgan fingerprint density at radius 1 is 1.43 bits per heavy atom. The zero-order valence-corrected chi connectivity index (χ0v) is 12.2. The number of hydrogen-bond acceptors (Lipinski definition) is 4. The fraction of sp³-hybridized carbons (Fsp3) is 0.400. The largest absolute Gasteiger partial charge is 0.324 e. The Morgan fingerprint density at radius 3 is 2.86 bits per heavy atom. The summed E-state index contributed by atoms with van der Waals surface area (Å²) in [4.78, 5) is 20.7. The van der Waals surface area contributed by atoms with Crippen molar-refractivity contribution in [1.29, 1.82) is 0 Å². The molecule has 0 spiro atoms. The van der Waals surface area contributed by atoms with Crippen molar-refractivity contribution in [3.63, 3.8) is 0 Å². The van der Waals surface area contributed by atoms with E-state index in [9.17, 15) is 4.79 Å². The number of imidazole rings is 1. The molecule has 1 amide bonds. The number of nitrogens with one attached hydrogen (secondary N) is 2. The van der Waals surface area contributed by atoms with E-state index in [2.05, 4.69) is 20.6 Å². The second-order valence-electron chi connectivity index (χ2n) is 5.38. The van der Waals surface area contributed by atoms with Crippen LogP contribution in [0.2, 0.25) is 0 Å². The van der Waals surface area contributed by atoms with Crippen LogP contribution in [0.4, 0.5) is 5.69 Å². The van der Waals surface area contributed by atoms with Crippen molar-refractivity contribution in [3.8, 4) is 5.82 Å². The van der Waals surface area contributed by atoms with E-state index in [0.717, 1.165) is 30.3 Å². The highest BCUT2D eigenvalue weighted by Gasteiger charge is 2.29. The second kappa shape index (κ2) is 5.65. The molecule has 2 unspecified atom stereocenters. The van der Waals surface area contributed by atoms with E-state index in [1.54, 1.807) is 12.4 Å². The molecular weight excluding hydrogens is 266 g/mol. The number of rotatable bonds is 3. The van der Waals surface area contributed by atoms with Crippen molar-refractivity contribution < 1.29 is 4.79 Å². The summed E-state index contributed by atoms with van der Waals surface area (Å²) in [7, 11) is 0. The van der Waals surface area contributed by atoms with Gasteiger partial charge < -0.3 is 10.6 Å². The Kier molecular flexibility index (Phi) is 3.70. The minimum Gasteiger partial charge on any atom is -0.324 e. The Hall–Kier alpha value is -2.21. The standard InChI is InChI=1S/C15H19N5O/c1-10-13(5-6-16-10)15(21)19-12-3-4-14(18-9-12)20-8-7-17-11(20)2/h3-4,7-10,13,16H,5-6H2,1-2H3,(H,19,21). The van der Waals surface area contributed by atoms with Crippen LogP contribution in [0.3, 0.4) is 0 Å². The Balaban J connectivity index is 1.70. The number of anilines is 1. The third-order valence-corrected chi connectivity index (χ3v) is 3.95. The molecule has 0 aromatic carbocycles. The summed E-state index contributed by atoms with van der Waals surface area (Å²) in [5, 5.41) is 6.22. The van der Waals surface area contributed by atoms with Crippen LogP contribution in [0.1, 0.15) is 19.2 Å². The maximum absolute atomic E-state index is 12.2. The summed E-state index contributed by atoms with van der Waals surface area (Å²) in [6.07, 6.45) is 6.16. The first-order valence-electron chi connectivity index (χ1n) is 7.16. The molecule has 1 saturated heterocycles. The third-order valence-electron chi connectivity index (χ3n) is 3.95. The summed E-state index contributed by atoms with van der Waals surface area (Å²) in [5.74, 6) is 1.76. The fourth-order valence-electron chi connectivity index (χ4n) is 2.67. The van der Waals surface area contributed by atoms with Gasteiger partial charge >= 0.3 is 0 Å². The third kappa shape index (κ3) is 2.80. The van der Waals surface area contributed by atoms with Crippen LogP contribution in [0, 0.1) is 12.8 Å². The molecule has 0 saturated carbocycles. The molecule has 1 aliphatic heterocycles. The second-order valence-corrected chi connectivity index (χ2v) is 5.38. The van der Waals surface area contributed by atoms with Gasteiger partial charge in [0, 0.05) is 18.4 Å². The lowest BCUT2D eigenvalue weighted by atomic mass is 10.0. The van der Waals surface area contributed by atoms with Crippen molar-refractivity contribution in [2.45, 2.75) is 26.3 Å². The zero-order chi connectivity index (χ0) is 14.8. The van der Waals surface area contributed by atoms with Gasteiger partial charge in [-0.1, -0.05) is 0 Å². The Bertz CT molecular complexity index is 634. The monoisotopic (exact) mass is 285 g/mol. The molecule has 2 atom stereocenters. The first-order chi connectivity index (χ1) is 10.1. The molecule has 2 aromatic heterocycles. The van der Waals surface area contributed by atoms with Gasteiger partial charge in [-0.25, -0.2) is 9.97 Å². The highest BCUT2D eigenvalue weighted by Crippen LogP contribution is 2.18. The van der Waals surface area contributed by atoms with Crippen molar-refractivity contribution in [2.75, 3.05) is 11.9 Å². The van der Waals surface area contributed by atoms with Crippen LogP contribution < -0.4 is 10.6 Å². The number of hydrogen-bond donors (Lipinski definition) is 2. The Morgan fingerprint density at radius 2 is 2.29 bits per heavy atom. The smallest absolute Gasteiger partial charge is 0.229 e. The number of carbonyl (C=O) groups excluding carboxylic acids is 1. The van der Waals surface area contributed by atoms with Crippen LogP contribution in [0.25, 0.3) is 5.82 Å². The van der Waals surface area contributed by atoms with Crippen LogP contribution in [-0.4, -0.2) is 33.0 Å². The average molecular weight is 285 g/mol. The van der Waals surface area contributed by atoms with Crippen molar-refractivity contribution in [3.05, 3.63) is 36.5 Å². The van der Waals surface area contributed by atoms with Crippen molar-refractivity contribution in [2.24, 2.45) is 5.92 Å². The maximum Gasteiger partial charge on any atom is 0.229 e. The normalized spacial score (nSPS) is 21.4. The van der Waals surface area contributed by atoms with E-state index in [0.29, 0.717) is 0 Å². The molecule has 0 aliphatic carbocycles. The van der Waals surface area contributed by atoms with Gasteiger partial charge in [-0.15, -0.1) is 0 Å². The van der Waals surface area contributed by atoms with E-state index in [1.165, 1.54) is 0 Å². The van der Waals surface area contributed by atoms with Crippen LogP contribution in [0.15, 0.2) is 30.7 Å². The van der Waals surface area contributed by atoms with Gasteiger partial charge in [-0.3, -0.25) is 9.36 Å². The number of aromatic nitrogens is 3. The molecule has 3 heterocycles. The Labute approximate surface area is 123 Å². The number of carbonyl (C=O) groups is 1. The minimum atomic E-state index is 0.0283. The topological polar surface area (TPSA) is 71.8 Å². The van der Waals surface area contributed by atoms with E-state index in [1.807, 2.05) is 36.7 Å². The minimum absolute atomic E-state index is 0.0283. The molecule has 1 aliphatic rings. The van der Waals surface area contributed by atoms with Gasteiger partial charge in [0.25, 0.3) is 0 Å². The van der Waals surface area contributed by atoms with Crippen LogP contribution >= 0.6 is 0 Å². The van der Waals surface area contributed by atoms with Gasteiger partial charge in [-0.05, 0) is 38.9 Å². The lowest BCUT2D eigenvalue weighted by molar-refractivity contribution is -0.120. The lowest BCUT2D eigenvalue weighted by Gasteiger charge is -2.15. The van der Waals surface area contributed by atoms with Crippen molar-refractivity contribution in [1.82, 2.24) is 19.9 Å². The number of aryl methyl sites for hydroxylation is 1. The molecule has 3 rings (SSSR count). The van der Waals surface area contributed by atoms with Gasteiger partial charge in [-0.2, -0.15) is 0 Å². The van der Waals surface area contributed by atoms with Crippen LogP contribution in [-0.2, 0) is 4.79 Å². The number of nitrogens with zero attached hydrogens (tertiary/aromatic N) is 3. The highest BCUT2D eigenvalue weighted by atomic mass is 16.1. The van der Waals surface area contributed by atoms with Gasteiger partial charge in [0.15, 0.2) is 0 Å².